The molecular weight excluding hydrogens is 368 g/mol. The van der Waals surface area contributed by atoms with Gasteiger partial charge in [-0.2, -0.15) is 0 Å². The van der Waals surface area contributed by atoms with Crippen molar-refractivity contribution in [2.24, 2.45) is 0 Å². The van der Waals surface area contributed by atoms with Crippen LogP contribution in [0.2, 0.25) is 0 Å². The molecule has 0 bridgehead atoms. The zero-order chi connectivity index (χ0) is 17.7. The van der Waals surface area contributed by atoms with Gasteiger partial charge in [0.2, 0.25) is 11.8 Å². The molecule has 0 spiro atoms. The van der Waals surface area contributed by atoms with Crippen LogP contribution in [0.3, 0.4) is 0 Å². The Bertz CT molecular complexity index is 759. The van der Waals surface area contributed by atoms with Gasteiger partial charge in [0.05, 0.1) is 0 Å². The maximum Gasteiger partial charge on any atom is 0.226 e. The number of amides is 2. The lowest BCUT2D eigenvalue weighted by atomic mass is 10.2. The predicted octanol–water partition coefficient (Wildman–Crippen LogP) is 4.45. The second-order valence-corrected chi connectivity index (χ2v) is 6.63. The van der Waals surface area contributed by atoms with Crippen molar-refractivity contribution in [2.45, 2.75) is 27.2 Å². The normalized spacial score (nSPS) is 10.3. The summed E-state index contributed by atoms with van der Waals surface area (Å²) in [6.45, 7) is 5.80. The average Bonchev–Trinajstić information content (AvgIpc) is 2.50. The van der Waals surface area contributed by atoms with Gasteiger partial charge < -0.3 is 10.2 Å². The number of hydrogen-bond acceptors (Lipinski definition) is 2. The SMILES string of the molecule is CC(=O)N(CCC(=O)Nc1cccc(C)c1)c1ccc(C)c(Br)c1. The second-order valence-electron chi connectivity index (χ2n) is 5.77. The fourth-order valence-electron chi connectivity index (χ4n) is 2.38. The van der Waals surface area contributed by atoms with E-state index in [0.717, 1.165) is 27.0 Å². The topological polar surface area (TPSA) is 49.4 Å². The number of rotatable bonds is 5. The molecule has 0 saturated carbocycles. The highest BCUT2D eigenvalue weighted by Crippen LogP contribution is 2.24. The van der Waals surface area contributed by atoms with E-state index in [0.29, 0.717) is 6.54 Å². The van der Waals surface area contributed by atoms with Crippen LogP contribution in [0.1, 0.15) is 24.5 Å². The lowest BCUT2D eigenvalue weighted by molar-refractivity contribution is -0.117. The van der Waals surface area contributed by atoms with Crippen LogP contribution in [0.4, 0.5) is 11.4 Å². The molecule has 0 aromatic heterocycles. The van der Waals surface area contributed by atoms with Crippen molar-refractivity contribution < 1.29 is 9.59 Å². The molecule has 0 atom stereocenters. The molecular formula is C19H21BrN2O2. The molecule has 2 aromatic carbocycles. The van der Waals surface area contributed by atoms with Gasteiger partial charge in [0.25, 0.3) is 0 Å². The first-order chi connectivity index (χ1) is 11.4. The van der Waals surface area contributed by atoms with Crippen molar-refractivity contribution in [3.63, 3.8) is 0 Å². The molecule has 24 heavy (non-hydrogen) atoms. The summed E-state index contributed by atoms with van der Waals surface area (Å²) in [5, 5.41) is 2.86. The summed E-state index contributed by atoms with van der Waals surface area (Å²) in [5.41, 5.74) is 3.73. The van der Waals surface area contributed by atoms with Crippen LogP contribution in [0, 0.1) is 13.8 Å². The van der Waals surface area contributed by atoms with Gasteiger partial charge in [-0.15, -0.1) is 0 Å². The molecule has 2 aromatic rings. The Morgan fingerprint density at radius 2 is 1.88 bits per heavy atom. The molecule has 0 fully saturated rings. The number of benzene rings is 2. The minimum Gasteiger partial charge on any atom is -0.326 e. The molecule has 0 aliphatic carbocycles. The van der Waals surface area contributed by atoms with Crippen molar-refractivity contribution in [3.05, 3.63) is 58.1 Å². The molecule has 0 heterocycles. The van der Waals surface area contributed by atoms with Gasteiger partial charge in [-0.05, 0) is 49.2 Å². The van der Waals surface area contributed by atoms with Crippen LogP contribution in [0.5, 0.6) is 0 Å². The first-order valence-corrected chi connectivity index (χ1v) is 8.57. The molecule has 0 aliphatic heterocycles. The van der Waals surface area contributed by atoms with Crippen LogP contribution in [-0.4, -0.2) is 18.4 Å². The number of nitrogens with one attached hydrogen (secondary N) is 1. The van der Waals surface area contributed by atoms with E-state index in [2.05, 4.69) is 21.2 Å². The van der Waals surface area contributed by atoms with Crippen molar-refractivity contribution in [1.29, 1.82) is 0 Å². The van der Waals surface area contributed by atoms with Gasteiger partial charge in [0.1, 0.15) is 0 Å². The summed E-state index contributed by atoms with van der Waals surface area (Å²) in [5.74, 6) is -0.202. The second kappa shape index (κ2) is 8.11. The molecule has 5 heteroatoms. The number of halogens is 1. The molecule has 1 N–H and O–H groups in total. The van der Waals surface area contributed by atoms with Crippen LogP contribution < -0.4 is 10.2 Å². The van der Waals surface area contributed by atoms with Gasteiger partial charge in [-0.3, -0.25) is 9.59 Å². The number of hydrogen-bond donors (Lipinski definition) is 1. The Morgan fingerprint density at radius 3 is 2.50 bits per heavy atom. The number of nitrogens with zero attached hydrogens (tertiary/aromatic N) is 1. The van der Waals surface area contributed by atoms with E-state index >= 15 is 0 Å². The van der Waals surface area contributed by atoms with E-state index in [1.165, 1.54) is 6.92 Å². The minimum atomic E-state index is -0.113. The van der Waals surface area contributed by atoms with E-state index in [4.69, 9.17) is 0 Å². The molecule has 0 unspecified atom stereocenters. The zero-order valence-corrected chi connectivity index (χ0v) is 15.7. The molecule has 4 nitrogen and oxygen atoms in total. The Hall–Kier alpha value is -2.14. The Labute approximate surface area is 151 Å². The maximum atomic E-state index is 12.1. The Kier molecular flexibility index (Phi) is 6.15. The Balaban J connectivity index is 2.02. The van der Waals surface area contributed by atoms with Gasteiger partial charge in [0.15, 0.2) is 0 Å². The lowest BCUT2D eigenvalue weighted by Gasteiger charge is -2.21. The monoisotopic (exact) mass is 388 g/mol. The van der Waals surface area contributed by atoms with E-state index in [9.17, 15) is 9.59 Å². The largest absolute Gasteiger partial charge is 0.326 e. The number of anilines is 2. The van der Waals surface area contributed by atoms with E-state index in [1.54, 1.807) is 4.90 Å². The third kappa shape index (κ3) is 4.93. The van der Waals surface area contributed by atoms with Crippen LogP contribution in [0.15, 0.2) is 46.9 Å². The standard InChI is InChI=1S/C19H21BrN2O2/c1-13-5-4-6-16(11-13)21-19(24)9-10-22(15(3)23)17-8-7-14(2)18(20)12-17/h4-8,11-12H,9-10H2,1-3H3,(H,21,24). The summed E-state index contributed by atoms with van der Waals surface area (Å²) in [6, 6.07) is 13.4. The molecule has 0 aliphatic rings. The lowest BCUT2D eigenvalue weighted by Crippen LogP contribution is -2.32. The van der Waals surface area contributed by atoms with Crippen LogP contribution >= 0.6 is 15.9 Å². The zero-order valence-electron chi connectivity index (χ0n) is 14.1. The highest BCUT2D eigenvalue weighted by Gasteiger charge is 2.14. The summed E-state index contributed by atoms with van der Waals surface area (Å²) in [4.78, 5) is 25.7. The van der Waals surface area contributed by atoms with Gasteiger partial charge in [0, 0.05) is 35.7 Å². The maximum absolute atomic E-state index is 12.1. The molecule has 126 valence electrons. The average molecular weight is 389 g/mol. The number of carbonyl (C=O) groups excluding carboxylic acids is 2. The summed E-state index contributed by atoms with van der Waals surface area (Å²) in [7, 11) is 0. The van der Waals surface area contributed by atoms with Crippen molar-refractivity contribution in [1.82, 2.24) is 0 Å². The third-order valence-electron chi connectivity index (χ3n) is 3.71. The molecule has 0 saturated heterocycles. The van der Waals surface area contributed by atoms with Crippen molar-refractivity contribution >= 4 is 39.1 Å². The summed E-state index contributed by atoms with van der Waals surface area (Å²) in [6.07, 6.45) is 0.235. The third-order valence-corrected chi connectivity index (χ3v) is 4.57. The fourth-order valence-corrected chi connectivity index (χ4v) is 2.74. The molecule has 0 radical (unpaired) electrons. The van der Waals surface area contributed by atoms with Crippen molar-refractivity contribution in [3.8, 4) is 0 Å². The minimum absolute atomic E-state index is 0.0888. The number of carbonyl (C=O) groups is 2. The fraction of sp³-hybridized carbons (Fsp3) is 0.263. The predicted molar refractivity (Wildman–Crippen MR) is 101 cm³/mol. The van der Waals surface area contributed by atoms with E-state index < -0.39 is 0 Å². The molecule has 2 amide bonds. The van der Waals surface area contributed by atoms with Gasteiger partial charge >= 0.3 is 0 Å². The first-order valence-electron chi connectivity index (χ1n) is 7.77. The quantitative estimate of drug-likeness (QED) is 0.822. The highest BCUT2D eigenvalue weighted by atomic mass is 79.9. The van der Waals surface area contributed by atoms with E-state index in [-0.39, 0.29) is 18.2 Å². The first kappa shape index (κ1) is 18.2. The summed E-state index contributed by atoms with van der Waals surface area (Å²) < 4.78 is 0.940. The van der Waals surface area contributed by atoms with Crippen LogP contribution in [-0.2, 0) is 9.59 Å². The Morgan fingerprint density at radius 1 is 1.12 bits per heavy atom. The van der Waals surface area contributed by atoms with Gasteiger partial charge in [-0.1, -0.05) is 34.1 Å². The highest BCUT2D eigenvalue weighted by molar-refractivity contribution is 9.10. The van der Waals surface area contributed by atoms with E-state index in [1.807, 2.05) is 56.3 Å². The number of aryl methyl sites for hydroxylation is 2. The van der Waals surface area contributed by atoms with Gasteiger partial charge in [-0.25, -0.2) is 0 Å². The molecule has 2 rings (SSSR count). The smallest absolute Gasteiger partial charge is 0.226 e. The van der Waals surface area contributed by atoms with Crippen molar-refractivity contribution in [2.75, 3.05) is 16.8 Å². The summed E-state index contributed by atoms with van der Waals surface area (Å²) >= 11 is 3.48. The van der Waals surface area contributed by atoms with Crippen LogP contribution in [0.25, 0.3) is 0 Å².